The minimum Gasteiger partial charge on any atom is -0.318 e. The molecule has 0 amide bonds. The fourth-order valence-corrected chi connectivity index (χ4v) is 2.51. The summed E-state index contributed by atoms with van der Waals surface area (Å²) in [5, 5.41) is 2.48. The van der Waals surface area contributed by atoms with Crippen LogP contribution in [-0.4, -0.2) is 14.5 Å². The third-order valence-electron chi connectivity index (χ3n) is 3.60. The molecule has 0 radical (unpaired) electrons. The molecule has 0 fully saturated rings. The number of nitrogens with zero attached hydrogens (tertiary/aromatic N) is 3. The Bertz CT molecular complexity index is 922. The van der Waals surface area contributed by atoms with Crippen LogP contribution in [0.4, 0.5) is 0 Å². The number of aromatic nitrogens is 3. The van der Waals surface area contributed by atoms with Gasteiger partial charge in [-0.25, -0.2) is 9.97 Å². The van der Waals surface area contributed by atoms with Gasteiger partial charge in [-0.1, -0.05) is 36.4 Å². The second-order valence-electron chi connectivity index (χ2n) is 4.96. The van der Waals surface area contributed by atoms with E-state index in [0.29, 0.717) is 0 Å². The van der Waals surface area contributed by atoms with E-state index >= 15 is 0 Å². The molecule has 0 spiro atoms. The van der Waals surface area contributed by atoms with Gasteiger partial charge < -0.3 is 4.57 Å². The molecule has 0 aliphatic rings. The second-order valence-corrected chi connectivity index (χ2v) is 4.96. The van der Waals surface area contributed by atoms with E-state index in [0.717, 1.165) is 22.4 Å². The van der Waals surface area contributed by atoms with Gasteiger partial charge in [0.15, 0.2) is 5.65 Å². The Morgan fingerprint density at radius 1 is 0.900 bits per heavy atom. The molecule has 4 aromatic rings. The average molecular weight is 259 g/mol. The van der Waals surface area contributed by atoms with E-state index in [4.69, 9.17) is 4.98 Å². The number of imidazole rings is 1. The van der Waals surface area contributed by atoms with E-state index in [2.05, 4.69) is 47.4 Å². The van der Waals surface area contributed by atoms with Crippen LogP contribution in [0.3, 0.4) is 0 Å². The number of pyridine rings is 1. The average Bonchev–Trinajstić information content (AvgIpc) is 2.88. The van der Waals surface area contributed by atoms with Gasteiger partial charge in [-0.3, -0.25) is 0 Å². The van der Waals surface area contributed by atoms with Crippen molar-refractivity contribution in [3.05, 3.63) is 60.9 Å². The lowest BCUT2D eigenvalue weighted by molar-refractivity contribution is 0.931. The van der Waals surface area contributed by atoms with Crippen LogP contribution in [-0.2, 0) is 7.05 Å². The Morgan fingerprint density at radius 2 is 1.75 bits per heavy atom. The smallest absolute Gasteiger partial charge is 0.160 e. The van der Waals surface area contributed by atoms with Crippen LogP contribution < -0.4 is 0 Å². The van der Waals surface area contributed by atoms with Crippen LogP contribution >= 0.6 is 0 Å². The molecule has 20 heavy (non-hydrogen) atoms. The van der Waals surface area contributed by atoms with E-state index < -0.39 is 0 Å². The van der Waals surface area contributed by atoms with Crippen molar-refractivity contribution in [2.45, 2.75) is 0 Å². The fraction of sp³-hybridized carbons (Fsp3) is 0.0588. The van der Waals surface area contributed by atoms with Gasteiger partial charge in [0, 0.05) is 12.6 Å². The SMILES string of the molecule is Cn1cnc2ccc(-c3ccc4ccccc4c3)nc21. The summed E-state index contributed by atoms with van der Waals surface area (Å²) in [6.07, 6.45) is 1.79. The molecule has 2 heterocycles. The molecule has 2 aromatic heterocycles. The molecular weight excluding hydrogens is 246 g/mol. The van der Waals surface area contributed by atoms with Crippen molar-refractivity contribution in [2.24, 2.45) is 7.05 Å². The Balaban J connectivity index is 1.93. The van der Waals surface area contributed by atoms with Crippen molar-refractivity contribution >= 4 is 21.9 Å². The van der Waals surface area contributed by atoms with Crippen LogP contribution in [0.5, 0.6) is 0 Å². The first-order valence-corrected chi connectivity index (χ1v) is 6.58. The molecule has 0 bridgehead atoms. The van der Waals surface area contributed by atoms with Gasteiger partial charge in [-0.05, 0) is 29.0 Å². The van der Waals surface area contributed by atoms with E-state index in [-0.39, 0.29) is 0 Å². The molecule has 0 N–H and O–H groups in total. The lowest BCUT2D eigenvalue weighted by Gasteiger charge is -2.04. The normalized spacial score (nSPS) is 11.2. The zero-order valence-electron chi connectivity index (χ0n) is 11.1. The highest BCUT2D eigenvalue weighted by Crippen LogP contribution is 2.24. The van der Waals surface area contributed by atoms with Crippen molar-refractivity contribution in [3.63, 3.8) is 0 Å². The zero-order chi connectivity index (χ0) is 13.5. The van der Waals surface area contributed by atoms with Gasteiger partial charge >= 0.3 is 0 Å². The first-order valence-electron chi connectivity index (χ1n) is 6.58. The molecule has 0 saturated carbocycles. The summed E-state index contributed by atoms with van der Waals surface area (Å²) in [6.45, 7) is 0. The van der Waals surface area contributed by atoms with Gasteiger partial charge in [0.25, 0.3) is 0 Å². The highest BCUT2D eigenvalue weighted by atomic mass is 15.1. The minimum atomic E-state index is 0.913. The fourth-order valence-electron chi connectivity index (χ4n) is 2.51. The molecule has 0 aliphatic carbocycles. The number of hydrogen-bond donors (Lipinski definition) is 0. The highest BCUT2D eigenvalue weighted by Gasteiger charge is 2.05. The second kappa shape index (κ2) is 4.17. The van der Waals surface area contributed by atoms with Crippen molar-refractivity contribution in [1.82, 2.24) is 14.5 Å². The molecule has 3 nitrogen and oxygen atoms in total. The molecule has 96 valence electrons. The van der Waals surface area contributed by atoms with Crippen molar-refractivity contribution < 1.29 is 0 Å². The summed E-state index contributed by atoms with van der Waals surface area (Å²) in [6, 6.07) is 18.9. The van der Waals surface area contributed by atoms with E-state index in [9.17, 15) is 0 Å². The molecule has 0 unspecified atom stereocenters. The van der Waals surface area contributed by atoms with Crippen molar-refractivity contribution in [3.8, 4) is 11.3 Å². The maximum Gasteiger partial charge on any atom is 0.160 e. The van der Waals surface area contributed by atoms with Crippen molar-refractivity contribution in [1.29, 1.82) is 0 Å². The summed E-state index contributed by atoms with van der Waals surface area (Å²) >= 11 is 0. The molecule has 0 atom stereocenters. The maximum absolute atomic E-state index is 4.71. The molecule has 4 rings (SSSR count). The monoisotopic (exact) mass is 259 g/mol. The Morgan fingerprint density at radius 3 is 2.65 bits per heavy atom. The molecular formula is C17H13N3. The summed E-state index contributed by atoms with van der Waals surface area (Å²) in [5.41, 5.74) is 3.95. The molecule has 3 heteroatoms. The van der Waals surface area contributed by atoms with Gasteiger partial charge in [0.05, 0.1) is 12.0 Å². The van der Waals surface area contributed by atoms with Gasteiger partial charge in [-0.2, -0.15) is 0 Å². The summed E-state index contributed by atoms with van der Waals surface area (Å²) in [7, 11) is 1.96. The zero-order valence-corrected chi connectivity index (χ0v) is 11.1. The van der Waals surface area contributed by atoms with E-state index in [1.807, 2.05) is 23.7 Å². The summed E-state index contributed by atoms with van der Waals surface area (Å²) < 4.78 is 1.94. The number of fused-ring (bicyclic) bond motifs is 2. The van der Waals surface area contributed by atoms with Gasteiger partial charge in [0.2, 0.25) is 0 Å². The quantitative estimate of drug-likeness (QED) is 0.520. The number of benzene rings is 2. The van der Waals surface area contributed by atoms with Gasteiger partial charge in [-0.15, -0.1) is 0 Å². The number of hydrogen-bond acceptors (Lipinski definition) is 2. The highest BCUT2D eigenvalue weighted by molar-refractivity contribution is 5.87. The van der Waals surface area contributed by atoms with Gasteiger partial charge in [0.1, 0.15) is 5.52 Å². The Labute approximate surface area is 116 Å². The van der Waals surface area contributed by atoms with Crippen LogP contribution in [0.25, 0.3) is 33.2 Å². The Hall–Kier alpha value is -2.68. The van der Waals surface area contributed by atoms with E-state index in [1.165, 1.54) is 10.8 Å². The predicted molar refractivity (Wildman–Crippen MR) is 81.5 cm³/mol. The summed E-state index contributed by atoms with van der Waals surface area (Å²) in [5.74, 6) is 0. The molecule has 0 aliphatic heterocycles. The van der Waals surface area contributed by atoms with Crippen LogP contribution in [0, 0.1) is 0 Å². The lowest BCUT2D eigenvalue weighted by Crippen LogP contribution is -1.90. The maximum atomic E-state index is 4.71. The largest absolute Gasteiger partial charge is 0.318 e. The lowest BCUT2D eigenvalue weighted by atomic mass is 10.0. The third-order valence-corrected chi connectivity index (χ3v) is 3.60. The van der Waals surface area contributed by atoms with E-state index in [1.54, 1.807) is 6.33 Å². The van der Waals surface area contributed by atoms with Crippen LogP contribution in [0.15, 0.2) is 60.9 Å². The van der Waals surface area contributed by atoms with Crippen molar-refractivity contribution in [2.75, 3.05) is 0 Å². The topological polar surface area (TPSA) is 30.7 Å². The molecule has 0 saturated heterocycles. The minimum absolute atomic E-state index is 0.913. The third kappa shape index (κ3) is 1.67. The molecule has 2 aromatic carbocycles. The summed E-state index contributed by atoms with van der Waals surface area (Å²) in [4.78, 5) is 9.02. The first-order chi connectivity index (χ1) is 9.81. The number of aryl methyl sites for hydroxylation is 1. The van der Waals surface area contributed by atoms with Crippen LogP contribution in [0.2, 0.25) is 0 Å². The Kier molecular flexibility index (Phi) is 2.33. The van der Waals surface area contributed by atoms with Crippen LogP contribution in [0.1, 0.15) is 0 Å². The predicted octanol–water partition coefficient (Wildman–Crippen LogP) is 3.79. The number of rotatable bonds is 1. The standard InChI is InChI=1S/C17H13N3/c1-20-11-18-16-9-8-15(19-17(16)20)14-7-6-12-4-2-3-5-13(12)10-14/h2-11H,1H3. The first kappa shape index (κ1) is 11.2.